The normalized spacial score (nSPS) is 30.2. The SMILES string of the molecule is CC12CCC(=O)N1c1ccccc1C(=O)N2CCCC(=O)N1CCOC2CCCCC21. The van der Waals surface area contributed by atoms with Crippen molar-refractivity contribution in [2.24, 2.45) is 0 Å². The first-order valence-electron chi connectivity index (χ1n) is 11.7. The average molecular weight is 426 g/mol. The molecule has 3 unspecified atom stereocenters. The standard InChI is InChI=1S/C24H31N3O4/c1-24-13-12-22(29)27(24)18-8-3-2-7-17(18)23(30)26(24)14-6-11-21(28)25-15-16-31-20-10-5-4-9-19(20)25/h2-3,7-8,19-20H,4-6,9-16H2,1H3. The van der Waals surface area contributed by atoms with Crippen molar-refractivity contribution in [2.45, 2.75) is 76.1 Å². The molecule has 0 N–H and O–H groups in total. The van der Waals surface area contributed by atoms with Gasteiger partial charge in [-0.25, -0.2) is 0 Å². The maximum absolute atomic E-state index is 13.3. The Labute approximate surface area is 183 Å². The first-order chi connectivity index (χ1) is 15.0. The number of ether oxygens (including phenoxy) is 1. The summed E-state index contributed by atoms with van der Waals surface area (Å²) in [5.41, 5.74) is 0.625. The van der Waals surface area contributed by atoms with Gasteiger partial charge in [0.15, 0.2) is 0 Å². The van der Waals surface area contributed by atoms with Crippen LogP contribution in [0.2, 0.25) is 0 Å². The number of carbonyl (C=O) groups is 3. The van der Waals surface area contributed by atoms with Crippen molar-refractivity contribution in [2.75, 3.05) is 24.6 Å². The third kappa shape index (κ3) is 3.34. The number of morpholine rings is 1. The Morgan fingerprint density at radius 2 is 2.00 bits per heavy atom. The van der Waals surface area contributed by atoms with E-state index in [2.05, 4.69) is 0 Å². The van der Waals surface area contributed by atoms with E-state index in [0.717, 1.165) is 19.3 Å². The van der Waals surface area contributed by atoms with Crippen LogP contribution in [0.5, 0.6) is 0 Å². The minimum Gasteiger partial charge on any atom is -0.374 e. The van der Waals surface area contributed by atoms with Crippen molar-refractivity contribution in [1.82, 2.24) is 9.80 Å². The van der Waals surface area contributed by atoms with Gasteiger partial charge in [0.25, 0.3) is 5.91 Å². The minimum atomic E-state index is -0.654. The first-order valence-corrected chi connectivity index (χ1v) is 11.7. The zero-order chi connectivity index (χ0) is 21.6. The van der Waals surface area contributed by atoms with E-state index in [1.807, 2.05) is 34.9 Å². The summed E-state index contributed by atoms with van der Waals surface area (Å²) in [5.74, 6) is 0.171. The van der Waals surface area contributed by atoms with Crippen LogP contribution in [-0.4, -0.2) is 65.0 Å². The second-order valence-corrected chi connectivity index (χ2v) is 9.37. The van der Waals surface area contributed by atoms with E-state index < -0.39 is 5.66 Å². The molecular formula is C24H31N3O4. The zero-order valence-corrected chi connectivity index (χ0v) is 18.2. The number of hydrogen-bond donors (Lipinski definition) is 0. The molecule has 0 aromatic heterocycles. The highest BCUT2D eigenvalue weighted by atomic mass is 16.5. The number of fused-ring (bicyclic) bond motifs is 4. The highest BCUT2D eigenvalue weighted by Gasteiger charge is 2.52. The molecule has 1 saturated carbocycles. The van der Waals surface area contributed by atoms with Crippen LogP contribution in [0, 0.1) is 0 Å². The van der Waals surface area contributed by atoms with Crippen LogP contribution in [0.4, 0.5) is 5.69 Å². The van der Waals surface area contributed by atoms with Crippen LogP contribution in [0.3, 0.4) is 0 Å². The molecule has 1 aliphatic carbocycles. The molecule has 7 heteroatoms. The molecule has 1 aromatic carbocycles. The molecule has 2 saturated heterocycles. The van der Waals surface area contributed by atoms with Gasteiger partial charge in [-0.05, 0) is 44.7 Å². The van der Waals surface area contributed by atoms with Gasteiger partial charge in [-0.15, -0.1) is 0 Å². The Hall–Kier alpha value is -2.41. The quantitative estimate of drug-likeness (QED) is 0.744. The lowest BCUT2D eigenvalue weighted by atomic mass is 9.90. The molecule has 3 amide bonds. The van der Waals surface area contributed by atoms with Gasteiger partial charge in [0, 0.05) is 25.9 Å². The molecule has 0 bridgehead atoms. The highest BCUT2D eigenvalue weighted by molar-refractivity contribution is 6.10. The number of carbonyl (C=O) groups excluding carboxylic acids is 3. The van der Waals surface area contributed by atoms with E-state index in [4.69, 9.17) is 4.74 Å². The minimum absolute atomic E-state index is 0.0461. The third-order valence-corrected chi connectivity index (χ3v) is 7.57. The molecule has 5 rings (SSSR count). The van der Waals surface area contributed by atoms with Crippen LogP contribution < -0.4 is 4.90 Å². The molecule has 3 aliphatic heterocycles. The van der Waals surface area contributed by atoms with Gasteiger partial charge >= 0.3 is 0 Å². The Morgan fingerprint density at radius 3 is 2.87 bits per heavy atom. The van der Waals surface area contributed by atoms with Crippen molar-refractivity contribution in [3.63, 3.8) is 0 Å². The fourth-order valence-electron chi connectivity index (χ4n) is 5.98. The average Bonchev–Trinajstić information content (AvgIpc) is 3.10. The van der Waals surface area contributed by atoms with Gasteiger partial charge in [0.2, 0.25) is 11.8 Å². The van der Waals surface area contributed by atoms with Gasteiger partial charge in [-0.3, -0.25) is 19.3 Å². The van der Waals surface area contributed by atoms with Crippen molar-refractivity contribution in [3.05, 3.63) is 29.8 Å². The summed E-state index contributed by atoms with van der Waals surface area (Å²) in [4.78, 5) is 44.6. The Kier molecular flexibility index (Phi) is 5.24. The molecule has 0 radical (unpaired) electrons. The maximum atomic E-state index is 13.3. The van der Waals surface area contributed by atoms with Crippen LogP contribution >= 0.6 is 0 Å². The number of para-hydroxylation sites is 1. The van der Waals surface area contributed by atoms with Crippen molar-refractivity contribution >= 4 is 23.4 Å². The zero-order valence-electron chi connectivity index (χ0n) is 18.2. The summed E-state index contributed by atoms with van der Waals surface area (Å²) in [6, 6.07) is 7.56. The molecule has 3 heterocycles. The number of rotatable bonds is 4. The lowest BCUT2D eigenvalue weighted by Gasteiger charge is -2.49. The Balaban J connectivity index is 1.28. The Bertz CT molecular complexity index is 901. The molecule has 1 aromatic rings. The van der Waals surface area contributed by atoms with Gasteiger partial charge in [0.1, 0.15) is 5.66 Å². The molecule has 7 nitrogen and oxygen atoms in total. The molecule has 166 valence electrons. The fourth-order valence-corrected chi connectivity index (χ4v) is 5.98. The smallest absolute Gasteiger partial charge is 0.257 e. The predicted octanol–water partition coefficient (Wildman–Crippen LogP) is 2.94. The molecule has 3 atom stereocenters. The second kappa shape index (κ2) is 7.93. The lowest BCUT2D eigenvalue weighted by molar-refractivity contribution is -0.149. The summed E-state index contributed by atoms with van der Waals surface area (Å²) in [5, 5.41) is 0. The van der Waals surface area contributed by atoms with Crippen LogP contribution in [-0.2, 0) is 14.3 Å². The van der Waals surface area contributed by atoms with E-state index in [0.29, 0.717) is 56.6 Å². The summed E-state index contributed by atoms with van der Waals surface area (Å²) < 4.78 is 5.90. The van der Waals surface area contributed by atoms with Crippen molar-refractivity contribution in [1.29, 1.82) is 0 Å². The number of nitrogens with zero attached hydrogens (tertiary/aromatic N) is 3. The topological polar surface area (TPSA) is 70.2 Å². The first kappa shape index (κ1) is 20.5. The van der Waals surface area contributed by atoms with Gasteiger partial charge in [-0.2, -0.15) is 0 Å². The van der Waals surface area contributed by atoms with E-state index in [9.17, 15) is 14.4 Å². The molecule has 0 spiro atoms. The largest absolute Gasteiger partial charge is 0.374 e. The maximum Gasteiger partial charge on any atom is 0.257 e. The monoisotopic (exact) mass is 425 g/mol. The molecule has 4 aliphatic rings. The van der Waals surface area contributed by atoms with Crippen molar-refractivity contribution < 1.29 is 19.1 Å². The molecule has 31 heavy (non-hydrogen) atoms. The summed E-state index contributed by atoms with van der Waals surface area (Å²) in [7, 11) is 0. The summed E-state index contributed by atoms with van der Waals surface area (Å²) >= 11 is 0. The Morgan fingerprint density at radius 1 is 1.19 bits per heavy atom. The van der Waals surface area contributed by atoms with E-state index >= 15 is 0 Å². The number of benzene rings is 1. The third-order valence-electron chi connectivity index (χ3n) is 7.57. The number of hydrogen-bond acceptors (Lipinski definition) is 4. The van der Waals surface area contributed by atoms with Gasteiger partial charge in [0.05, 0.1) is 30.0 Å². The fraction of sp³-hybridized carbons (Fsp3) is 0.625. The van der Waals surface area contributed by atoms with Crippen LogP contribution in [0.15, 0.2) is 24.3 Å². The van der Waals surface area contributed by atoms with E-state index in [1.54, 1.807) is 11.0 Å². The number of anilines is 1. The number of amides is 3. The van der Waals surface area contributed by atoms with E-state index in [1.165, 1.54) is 6.42 Å². The molecular weight excluding hydrogens is 394 g/mol. The summed E-state index contributed by atoms with van der Waals surface area (Å²) in [6.45, 7) is 3.72. The summed E-state index contributed by atoms with van der Waals surface area (Å²) in [6.07, 6.45) is 6.64. The lowest BCUT2D eigenvalue weighted by Crippen LogP contribution is -2.62. The van der Waals surface area contributed by atoms with E-state index in [-0.39, 0.29) is 29.9 Å². The molecule has 3 fully saturated rings. The second-order valence-electron chi connectivity index (χ2n) is 9.37. The van der Waals surface area contributed by atoms with Crippen molar-refractivity contribution in [3.8, 4) is 0 Å². The van der Waals surface area contributed by atoms with Gasteiger partial charge < -0.3 is 14.5 Å². The van der Waals surface area contributed by atoms with Gasteiger partial charge in [-0.1, -0.05) is 25.0 Å². The predicted molar refractivity (Wildman–Crippen MR) is 116 cm³/mol. The van der Waals surface area contributed by atoms with Crippen LogP contribution in [0.25, 0.3) is 0 Å². The highest BCUT2D eigenvalue weighted by Crippen LogP contribution is 2.44. The van der Waals surface area contributed by atoms with Crippen LogP contribution in [0.1, 0.15) is 68.6 Å².